The van der Waals surface area contributed by atoms with Crippen molar-refractivity contribution in [1.29, 1.82) is 0 Å². The summed E-state index contributed by atoms with van der Waals surface area (Å²) in [6.45, 7) is 1.35. The molecule has 0 saturated carbocycles. The molecule has 0 heterocycles. The second kappa shape index (κ2) is 22.1. The summed E-state index contributed by atoms with van der Waals surface area (Å²) < 4.78 is 19.5. The van der Waals surface area contributed by atoms with E-state index in [0.29, 0.717) is 0 Å². The highest BCUT2D eigenvalue weighted by atomic mass is 31.2. The summed E-state index contributed by atoms with van der Waals surface area (Å²) in [6, 6.07) is 0. The summed E-state index contributed by atoms with van der Waals surface area (Å²) in [5, 5.41) is 9.44. The molecular weight excluding hydrogens is 431 g/mol. The number of esters is 1. The summed E-state index contributed by atoms with van der Waals surface area (Å²) in [5.74, 6) is -0.413. The van der Waals surface area contributed by atoms with Gasteiger partial charge in [-0.1, -0.05) is 89.7 Å². The highest BCUT2D eigenvalue weighted by Crippen LogP contribution is 2.35. The van der Waals surface area contributed by atoms with Crippen LogP contribution in [0.5, 0.6) is 0 Å². The second-order valence-corrected chi connectivity index (χ2v) is 9.76. The lowest BCUT2D eigenvalue weighted by molar-refractivity contribution is -0.147. The van der Waals surface area contributed by atoms with Crippen molar-refractivity contribution in [2.75, 3.05) is 13.2 Å². The van der Waals surface area contributed by atoms with Gasteiger partial charge in [0.25, 0.3) is 0 Å². The van der Waals surface area contributed by atoms with Gasteiger partial charge in [-0.05, 0) is 32.1 Å². The van der Waals surface area contributed by atoms with Gasteiger partial charge in [0.1, 0.15) is 12.7 Å². The van der Waals surface area contributed by atoms with Crippen LogP contribution in [0.25, 0.3) is 0 Å². The Morgan fingerprint density at radius 2 is 1.25 bits per heavy atom. The number of carbonyl (C=O) groups excluding carboxylic acids is 1. The van der Waals surface area contributed by atoms with Gasteiger partial charge in [0, 0.05) is 6.42 Å². The first kappa shape index (κ1) is 31.3. The van der Waals surface area contributed by atoms with Crippen molar-refractivity contribution in [3.63, 3.8) is 0 Å². The molecular formula is C24H47O7P. The normalized spacial score (nSPS) is 13.0. The molecule has 0 saturated heterocycles. The Balaban J connectivity index is 3.33. The Labute approximate surface area is 195 Å². The number of carbonyl (C=O) groups is 1. The molecule has 190 valence electrons. The monoisotopic (exact) mass is 478 g/mol. The molecule has 32 heavy (non-hydrogen) atoms. The van der Waals surface area contributed by atoms with Crippen LogP contribution in [0.2, 0.25) is 0 Å². The molecule has 8 heteroatoms. The highest BCUT2D eigenvalue weighted by molar-refractivity contribution is 7.46. The quantitative estimate of drug-likeness (QED) is 0.0692. The fourth-order valence-corrected chi connectivity index (χ4v) is 3.73. The molecule has 1 unspecified atom stereocenters. The molecule has 0 spiro atoms. The molecule has 0 rings (SSSR count). The highest BCUT2D eigenvalue weighted by Gasteiger charge is 2.17. The van der Waals surface area contributed by atoms with Crippen LogP contribution in [0.4, 0.5) is 0 Å². The average molecular weight is 479 g/mol. The van der Waals surface area contributed by atoms with E-state index in [0.717, 1.165) is 19.3 Å². The lowest BCUT2D eigenvalue weighted by Gasteiger charge is -2.12. The summed E-state index contributed by atoms with van der Waals surface area (Å²) in [7, 11) is -4.62. The predicted octanol–water partition coefficient (Wildman–Crippen LogP) is 6.21. The van der Waals surface area contributed by atoms with E-state index >= 15 is 0 Å². The minimum atomic E-state index is -4.62. The van der Waals surface area contributed by atoms with Gasteiger partial charge in [-0.25, -0.2) is 4.57 Å². The third-order valence-corrected chi connectivity index (χ3v) is 5.75. The van der Waals surface area contributed by atoms with E-state index in [9.17, 15) is 14.5 Å². The average Bonchev–Trinajstić information content (AvgIpc) is 2.75. The number of aliphatic hydroxyl groups excluding tert-OH is 1. The lowest BCUT2D eigenvalue weighted by Crippen LogP contribution is -2.23. The minimum absolute atomic E-state index is 0.287. The molecule has 0 aliphatic carbocycles. The molecule has 0 aromatic carbocycles. The molecule has 0 aliphatic heterocycles. The molecule has 0 aromatic rings. The zero-order valence-electron chi connectivity index (χ0n) is 20.1. The van der Waals surface area contributed by atoms with Gasteiger partial charge in [0.2, 0.25) is 0 Å². The first-order valence-electron chi connectivity index (χ1n) is 12.5. The van der Waals surface area contributed by atoms with Gasteiger partial charge in [-0.3, -0.25) is 9.32 Å². The molecule has 0 aromatic heterocycles. The fourth-order valence-electron chi connectivity index (χ4n) is 3.36. The van der Waals surface area contributed by atoms with Gasteiger partial charge in [-0.2, -0.15) is 0 Å². The Kier molecular flexibility index (Phi) is 21.6. The van der Waals surface area contributed by atoms with E-state index in [4.69, 9.17) is 14.5 Å². The van der Waals surface area contributed by atoms with Crippen LogP contribution in [0.3, 0.4) is 0 Å². The van der Waals surface area contributed by atoms with Gasteiger partial charge in [-0.15, -0.1) is 0 Å². The van der Waals surface area contributed by atoms with E-state index < -0.39 is 26.5 Å². The van der Waals surface area contributed by atoms with Crippen LogP contribution < -0.4 is 0 Å². The number of hydrogen-bond acceptors (Lipinski definition) is 5. The SMILES string of the molecule is CCCCCCCCC/C=C\CCCCCCCCCC(=O)OCC(O)COP(=O)(O)O. The van der Waals surface area contributed by atoms with Crippen molar-refractivity contribution in [3.8, 4) is 0 Å². The van der Waals surface area contributed by atoms with Crippen LogP contribution in [0, 0.1) is 0 Å². The van der Waals surface area contributed by atoms with Crippen LogP contribution in [-0.2, 0) is 18.6 Å². The van der Waals surface area contributed by atoms with Crippen molar-refractivity contribution in [1.82, 2.24) is 0 Å². The maximum Gasteiger partial charge on any atom is 0.469 e. The first-order chi connectivity index (χ1) is 15.3. The zero-order chi connectivity index (χ0) is 23.9. The molecule has 0 fully saturated rings. The largest absolute Gasteiger partial charge is 0.469 e. The van der Waals surface area contributed by atoms with Crippen molar-refractivity contribution in [2.45, 2.75) is 122 Å². The van der Waals surface area contributed by atoms with E-state index in [1.807, 2.05) is 0 Å². The number of phosphoric ester groups is 1. The number of unbranched alkanes of at least 4 members (excludes halogenated alkanes) is 14. The summed E-state index contributed by atoms with van der Waals surface area (Å²) >= 11 is 0. The van der Waals surface area contributed by atoms with Crippen LogP contribution >= 0.6 is 7.82 Å². The maximum atomic E-state index is 11.6. The van der Waals surface area contributed by atoms with E-state index in [1.165, 1.54) is 83.5 Å². The van der Waals surface area contributed by atoms with Gasteiger partial charge >= 0.3 is 13.8 Å². The third kappa shape index (κ3) is 25.5. The zero-order valence-corrected chi connectivity index (χ0v) is 21.0. The summed E-state index contributed by atoms with van der Waals surface area (Å²) in [5.41, 5.74) is 0. The Hall–Kier alpha value is -0.720. The van der Waals surface area contributed by atoms with E-state index in [2.05, 4.69) is 23.6 Å². The molecule has 7 nitrogen and oxygen atoms in total. The van der Waals surface area contributed by atoms with Crippen molar-refractivity contribution in [2.24, 2.45) is 0 Å². The molecule has 0 bridgehead atoms. The topological polar surface area (TPSA) is 113 Å². The number of ether oxygens (including phenoxy) is 1. The first-order valence-corrected chi connectivity index (χ1v) is 14.1. The second-order valence-electron chi connectivity index (χ2n) is 8.52. The summed E-state index contributed by atoms with van der Waals surface area (Å²) in [4.78, 5) is 28.7. The van der Waals surface area contributed by atoms with Gasteiger partial charge < -0.3 is 19.6 Å². The number of phosphoric acid groups is 1. The van der Waals surface area contributed by atoms with Crippen LogP contribution in [0.15, 0.2) is 12.2 Å². The van der Waals surface area contributed by atoms with Crippen LogP contribution in [-0.4, -0.2) is 40.2 Å². The smallest absolute Gasteiger partial charge is 0.463 e. The third-order valence-electron chi connectivity index (χ3n) is 5.26. The van der Waals surface area contributed by atoms with Gasteiger partial charge in [0.15, 0.2) is 0 Å². The van der Waals surface area contributed by atoms with E-state index in [-0.39, 0.29) is 13.0 Å². The molecule has 1 atom stereocenters. The predicted molar refractivity (Wildman–Crippen MR) is 128 cm³/mol. The minimum Gasteiger partial charge on any atom is -0.463 e. The van der Waals surface area contributed by atoms with Crippen LogP contribution in [0.1, 0.15) is 116 Å². The number of allylic oxidation sites excluding steroid dienone is 2. The standard InChI is InChI=1S/C24H47O7P/c1-2-3-4-5-6-7-8-9-10-11-12-13-14-15-16-17-18-19-20-24(26)30-21-23(25)22-31-32(27,28)29/h10-11,23,25H,2-9,12-22H2,1H3,(H2,27,28,29)/b11-10-. The lowest BCUT2D eigenvalue weighted by atomic mass is 10.1. The van der Waals surface area contributed by atoms with Gasteiger partial charge in [0.05, 0.1) is 6.61 Å². The summed E-state index contributed by atoms with van der Waals surface area (Å²) in [6.07, 6.45) is 23.4. The van der Waals surface area contributed by atoms with Crippen molar-refractivity contribution >= 4 is 13.8 Å². The Bertz CT molecular complexity index is 505. The molecule has 0 amide bonds. The van der Waals surface area contributed by atoms with E-state index in [1.54, 1.807) is 0 Å². The maximum absolute atomic E-state index is 11.6. The van der Waals surface area contributed by atoms with Crippen molar-refractivity contribution < 1.29 is 33.5 Å². The fraction of sp³-hybridized carbons (Fsp3) is 0.875. The Morgan fingerprint density at radius 1 is 0.781 bits per heavy atom. The number of hydrogen-bond donors (Lipinski definition) is 3. The number of aliphatic hydroxyl groups is 1. The van der Waals surface area contributed by atoms with Crippen molar-refractivity contribution in [3.05, 3.63) is 12.2 Å². The molecule has 0 aliphatic rings. The molecule has 3 N–H and O–H groups in total. The number of rotatable bonds is 23. The molecule has 0 radical (unpaired) electrons. The Morgan fingerprint density at radius 3 is 1.75 bits per heavy atom.